The molecule has 0 unspecified atom stereocenters. The number of aromatic nitrogens is 4. The molecule has 0 fully saturated rings. The molecule has 130 valence electrons. The number of furan rings is 1. The predicted molar refractivity (Wildman–Crippen MR) is 90.9 cm³/mol. The predicted octanol–water partition coefficient (Wildman–Crippen LogP) is 2.43. The Bertz CT molecular complexity index is 814. The minimum absolute atomic E-state index is 0.232. The highest BCUT2D eigenvalue weighted by Gasteiger charge is 2.26. The quantitative estimate of drug-likeness (QED) is 0.711. The minimum atomic E-state index is 0.232. The molecule has 0 radical (unpaired) electrons. The fourth-order valence-electron chi connectivity index (χ4n) is 3.16. The van der Waals surface area contributed by atoms with E-state index >= 15 is 0 Å². The second-order valence-electron chi connectivity index (χ2n) is 6.25. The summed E-state index contributed by atoms with van der Waals surface area (Å²) in [5.74, 6) is 1.90. The van der Waals surface area contributed by atoms with Crippen LogP contribution in [0.1, 0.15) is 23.6 Å². The lowest BCUT2D eigenvalue weighted by Crippen LogP contribution is -2.38. The van der Waals surface area contributed by atoms with Gasteiger partial charge in [0.1, 0.15) is 18.1 Å². The van der Waals surface area contributed by atoms with Crippen LogP contribution in [0.2, 0.25) is 0 Å². The van der Waals surface area contributed by atoms with Crippen molar-refractivity contribution in [2.45, 2.75) is 39.0 Å². The van der Waals surface area contributed by atoms with Crippen LogP contribution in [0, 0.1) is 6.92 Å². The summed E-state index contributed by atoms with van der Waals surface area (Å²) in [7, 11) is 0. The molecule has 1 aliphatic rings. The lowest BCUT2D eigenvalue weighted by Gasteiger charge is -2.28. The Hall–Kier alpha value is -2.67. The molecule has 0 bridgehead atoms. The van der Waals surface area contributed by atoms with E-state index < -0.39 is 0 Å². The van der Waals surface area contributed by atoms with Crippen LogP contribution in [0.15, 0.2) is 47.3 Å². The molecule has 0 aliphatic carbocycles. The first-order valence-electron chi connectivity index (χ1n) is 8.48. The largest absolute Gasteiger partial charge is 0.465 e. The van der Waals surface area contributed by atoms with Crippen molar-refractivity contribution in [2.75, 3.05) is 6.61 Å². The Labute approximate surface area is 146 Å². The lowest BCUT2D eigenvalue weighted by atomic mass is 10.2. The topological polar surface area (TPSA) is 69.2 Å². The fraction of sp³-hybridized carbons (Fsp3) is 0.389. The van der Waals surface area contributed by atoms with Crippen molar-refractivity contribution in [1.82, 2.24) is 24.6 Å². The summed E-state index contributed by atoms with van der Waals surface area (Å²) < 4.78 is 13.7. The monoisotopic (exact) mass is 339 g/mol. The molecule has 0 spiro atoms. The zero-order chi connectivity index (χ0) is 17.1. The highest BCUT2D eigenvalue weighted by atomic mass is 16.5. The Morgan fingerprint density at radius 3 is 2.88 bits per heavy atom. The first kappa shape index (κ1) is 15.8. The molecule has 7 nitrogen and oxygen atoms in total. The summed E-state index contributed by atoms with van der Waals surface area (Å²) >= 11 is 0. The van der Waals surface area contributed by atoms with Crippen molar-refractivity contribution in [3.8, 4) is 6.01 Å². The average molecular weight is 339 g/mol. The number of fused-ring (bicyclic) bond motifs is 1. The third kappa shape index (κ3) is 3.71. The van der Waals surface area contributed by atoms with Crippen LogP contribution in [0.3, 0.4) is 0 Å². The van der Waals surface area contributed by atoms with Crippen molar-refractivity contribution in [1.29, 1.82) is 0 Å². The molecule has 4 rings (SSSR count). The van der Waals surface area contributed by atoms with Gasteiger partial charge in [-0.15, -0.1) is 0 Å². The molecule has 0 aromatic carbocycles. The summed E-state index contributed by atoms with van der Waals surface area (Å²) in [5, 5.41) is 4.42. The third-order valence-electron chi connectivity index (χ3n) is 4.46. The van der Waals surface area contributed by atoms with Crippen molar-refractivity contribution in [2.24, 2.45) is 0 Å². The first-order chi connectivity index (χ1) is 12.3. The summed E-state index contributed by atoms with van der Waals surface area (Å²) in [4.78, 5) is 10.7. The van der Waals surface area contributed by atoms with Gasteiger partial charge >= 0.3 is 6.01 Å². The summed E-state index contributed by atoms with van der Waals surface area (Å²) in [6, 6.07) is 8.54. The van der Waals surface area contributed by atoms with Gasteiger partial charge < -0.3 is 9.15 Å². The minimum Gasteiger partial charge on any atom is -0.465 e. The van der Waals surface area contributed by atoms with Crippen molar-refractivity contribution in [3.05, 3.63) is 60.1 Å². The zero-order valence-corrected chi connectivity index (χ0v) is 14.2. The summed E-state index contributed by atoms with van der Waals surface area (Å²) in [6.45, 7) is 4.93. The van der Waals surface area contributed by atoms with Gasteiger partial charge in [0.25, 0.3) is 0 Å². The Morgan fingerprint density at radius 2 is 2.08 bits per heavy atom. The summed E-state index contributed by atoms with van der Waals surface area (Å²) in [5.41, 5.74) is 1.21. The smallest absolute Gasteiger partial charge is 0.316 e. The maximum atomic E-state index is 5.83. The normalized spacial score (nSPS) is 17.9. The summed E-state index contributed by atoms with van der Waals surface area (Å²) in [6.07, 6.45) is 6.18. The average Bonchev–Trinajstić information content (AvgIpc) is 3.21. The molecule has 1 aliphatic heterocycles. The van der Waals surface area contributed by atoms with Gasteiger partial charge in [0, 0.05) is 37.7 Å². The van der Waals surface area contributed by atoms with E-state index in [9.17, 15) is 0 Å². The maximum Gasteiger partial charge on any atom is 0.316 e. The molecule has 0 amide bonds. The van der Waals surface area contributed by atoms with Crippen LogP contribution in [0.5, 0.6) is 6.01 Å². The Morgan fingerprint density at radius 1 is 1.20 bits per heavy atom. The first-order valence-corrected chi connectivity index (χ1v) is 8.48. The maximum absolute atomic E-state index is 5.83. The van der Waals surface area contributed by atoms with Gasteiger partial charge in [-0.1, -0.05) is 0 Å². The van der Waals surface area contributed by atoms with Gasteiger partial charge in [0.05, 0.1) is 12.2 Å². The van der Waals surface area contributed by atoms with Crippen LogP contribution in [0.25, 0.3) is 0 Å². The second kappa shape index (κ2) is 7.06. The molecule has 25 heavy (non-hydrogen) atoms. The van der Waals surface area contributed by atoms with Crippen LogP contribution in [0.4, 0.5) is 0 Å². The van der Waals surface area contributed by atoms with Gasteiger partial charge in [-0.2, -0.15) is 5.10 Å². The van der Waals surface area contributed by atoms with Crippen LogP contribution < -0.4 is 4.74 Å². The van der Waals surface area contributed by atoms with Gasteiger partial charge in [-0.25, -0.2) is 9.97 Å². The lowest BCUT2D eigenvalue weighted by molar-refractivity contribution is 0.106. The number of nitrogens with zero attached hydrogens (tertiary/aromatic N) is 5. The second-order valence-corrected chi connectivity index (χ2v) is 6.25. The Kier molecular flexibility index (Phi) is 4.47. The number of hydrogen-bond acceptors (Lipinski definition) is 6. The van der Waals surface area contributed by atoms with E-state index in [1.807, 2.05) is 25.3 Å². The highest BCUT2D eigenvalue weighted by molar-refractivity contribution is 5.08. The van der Waals surface area contributed by atoms with Gasteiger partial charge in [0.2, 0.25) is 0 Å². The third-order valence-corrected chi connectivity index (χ3v) is 4.46. The van der Waals surface area contributed by atoms with Crippen molar-refractivity contribution >= 4 is 0 Å². The zero-order valence-electron chi connectivity index (χ0n) is 14.2. The van der Waals surface area contributed by atoms with E-state index in [0.29, 0.717) is 12.6 Å². The van der Waals surface area contributed by atoms with E-state index in [4.69, 9.17) is 9.15 Å². The van der Waals surface area contributed by atoms with Crippen molar-refractivity contribution < 1.29 is 9.15 Å². The van der Waals surface area contributed by atoms with E-state index in [1.54, 1.807) is 18.5 Å². The molecular weight excluding hydrogens is 318 g/mol. The van der Waals surface area contributed by atoms with Crippen LogP contribution in [-0.2, 0) is 19.6 Å². The van der Waals surface area contributed by atoms with Crippen LogP contribution >= 0.6 is 0 Å². The van der Waals surface area contributed by atoms with Gasteiger partial charge in [-0.3, -0.25) is 9.58 Å². The van der Waals surface area contributed by atoms with E-state index in [1.165, 1.54) is 5.69 Å². The molecule has 0 N–H and O–H groups in total. The SMILES string of the molecule is Cc1ccc(CN2Cc3ccnn3CC[C@H]2COc2ncccn2)o1. The van der Waals surface area contributed by atoms with E-state index in [0.717, 1.165) is 37.6 Å². The number of ether oxygens (including phenoxy) is 1. The van der Waals surface area contributed by atoms with E-state index in [2.05, 4.69) is 30.7 Å². The van der Waals surface area contributed by atoms with Crippen molar-refractivity contribution in [3.63, 3.8) is 0 Å². The van der Waals surface area contributed by atoms with Crippen LogP contribution in [-0.4, -0.2) is 37.3 Å². The molecule has 3 aromatic heterocycles. The van der Waals surface area contributed by atoms with Gasteiger partial charge in [-0.05, 0) is 37.6 Å². The molecule has 4 heterocycles. The molecule has 1 atom stereocenters. The molecule has 0 saturated heterocycles. The molecular formula is C18H21N5O2. The molecule has 3 aromatic rings. The molecule has 7 heteroatoms. The number of rotatable bonds is 5. The fourth-order valence-corrected chi connectivity index (χ4v) is 3.16. The number of aryl methyl sites for hydroxylation is 2. The Balaban J connectivity index is 1.50. The highest BCUT2D eigenvalue weighted by Crippen LogP contribution is 2.21. The molecule has 0 saturated carbocycles. The standard InChI is InChI=1S/C18H21N5O2/c1-14-3-4-17(25-14)12-22-11-15-5-9-21-23(15)10-6-16(22)13-24-18-19-7-2-8-20-18/h2-5,7-9,16H,6,10-13H2,1H3/t16-/m0/s1. The van der Waals surface area contributed by atoms with Gasteiger partial charge in [0.15, 0.2) is 0 Å². The number of hydrogen-bond donors (Lipinski definition) is 0. The van der Waals surface area contributed by atoms with E-state index in [-0.39, 0.29) is 6.04 Å².